The zero-order valence-corrected chi connectivity index (χ0v) is 13.9. The van der Waals surface area contributed by atoms with E-state index in [4.69, 9.17) is 0 Å². The van der Waals surface area contributed by atoms with Crippen molar-refractivity contribution in [2.45, 2.75) is 38.4 Å². The molecule has 0 fully saturated rings. The van der Waals surface area contributed by atoms with Crippen LogP contribution in [-0.4, -0.2) is 27.8 Å². The second-order valence-electron chi connectivity index (χ2n) is 5.18. The summed E-state index contributed by atoms with van der Waals surface area (Å²) in [6.07, 6.45) is 0.860. The molecule has 2 aromatic rings. The molecular formula is C16H21N3O2S. The lowest BCUT2D eigenvalue weighted by molar-refractivity contribution is -0.118. The van der Waals surface area contributed by atoms with E-state index in [0.717, 1.165) is 6.42 Å². The van der Waals surface area contributed by atoms with Crippen molar-refractivity contribution in [1.29, 1.82) is 0 Å². The number of carbonyl (C=O) groups is 1. The summed E-state index contributed by atoms with van der Waals surface area (Å²) in [6, 6.07) is 7.50. The molecule has 0 unspecified atom stereocenters. The van der Waals surface area contributed by atoms with Crippen molar-refractivity contribution in [2.75, 3.05) is 12.3 Å². The zero-order chi connectivity index (χ0) is 16.1. The smallest absolute Gasteiger partial charge is 0.262 e. The number of para-hydroxylation sites is 1. The minimum Gasteiger partial charge on any atom is -0.356 e. The van der Waals surface area contributed by atoms with Gasteiger partial charge in [0.05, 0.1) is 10.9 Å². The van der Waals surface area contributed by atoms with Gasteiger partial charge in [0, 0.05) is 25.3 Å². The lowest BCUT2D eigenvalue weighted by Gasteiger charge is -2.18. The fourth-order valence-corrected chi connectivity index (χ4v) is 3.12. The highest BCUT2D eigenvalue weighted by molar-refractivity contribution is 7.99. The SMILES string of the molecule is CC[C@H](C)n1c(SCCNC(C)=O)nc2ccccc2c1=O. The summed E-state index contributed by atoms with van der Waals surface area (Å²) in [6.45, 7) is 6.13. The van der Waals surface area contributed by atoms with E-state index in [2.05, 4.69) is 17.2 Å². The van der Waals surface area contributed by atoms with Crippen LogP contribution in [0.15, 0.2) is 34.2 Å². The highest BCUT2D eigenvalue weighted by atomic mass is 32.2. The van der Waals surface area contributed by atoms with Crippen LogP contribution >= 0.6 is 11.8 Å². The normalized spacial score (nSPS) is 12.3. The molecule has 6 heteroatoms. The van der Waals surface area contributed by atoms with Gasteiger partial charge >= 0.3 is 0 Å². The second kappa shape index (κ2) is 7.45. The molecular weight excluding hydrogens is 298 g/mol. The van der Waals surface area contributed by atoms with E-state index in [-0.39, 0.29) is 17.5 Å². The largest absolute Gasteiger partial charge is 0.356 e. The van der Waals surface area contributed by atoms with Crippen LogP contribution in [0, 0.1) is 0 Å². The summed E-state index contributed by atoms with van der Waals surface area (Å²) < 4.78 is 1.76. The second-order valence-corrected chi connectivity index (χ2v) is 6.24. The van der Waals surface area contributed by atoms with Crippen molar-refractivity contribution in [3.8, 4) is 0 Å². The monoisotopic (exact) mass is 319 g/mol. The number of hydrogen-bond donors (Lipinski definition) is 1. The van der Waals surface area contributed by atoms with Gasteiger partial charge in [-0.2, -0.15) is 0 Å². The Morgan fingerprint density at radius 2 is 2.14 bits per heavy atom. The highest BCUT2D eigenvalue weighted by Gasteiger charge is 2.15. The molecule has 0 aliphatic heterocycles. The Kier molecular flexibility index (Phi) is 5.60. The summed E-state index contributed by atoms with van der Waals surface area (Å²) >= 11 is 1.50. The number of fused-ring (bicyclic) bond motifs is 1. The maximum Gasteiger partial charge on any atom is 0.262 e. The van der Waals surface area contributed by atoms with Crippen molar-refractivity contribution < 1.29 is 4.79 Å². The number of thioether (sulfide) groups is 1. The van der Waals surface area contributed by atoms with Crippen molar-refractivity contribution in [3.63, 3.8) is 0 Å². The van der Waals surface area contributed by atoms with Crippen LogP contribution in [0.4, 0.5) is 0 Å². The number of aromatic nitrogens is 2. The third-order valence-electron chi connectivity index (χ3n) is 3.51. The Morgan fingerprint density at radius 3 is 2.82 bits per heavy atom. The molecule has 0 bridgehead atoms. The van der Waals surface area contributed by atoms with Crippen LogP contribution in [0.2, 0.25) is 0 Å². The van der Waals surface area contributed by atoms with Crippen molar-refractivity contribution in [3.05, 3.63) is 34.6 Å². The minimum atomic E-state index is -0.0496. The molecule has 0 aliphatic carbocycles. The molecule has 1 atom stereocenters. The molecule has 5 nitrogen and oxygen atoms in total. The summed E-state index contributed by atoms with van der Waals surface area (Å²) in [4.78, 5) is 28.3. The summed E-state index contributed by atoms with van der Waals surface area (Å²) in [5.41, 5.74) is 0.719. The molecule has 0 aliphatic rings. The average Bonchev–Trinajstić information content (AvgIpc) is 2.51. The quantitative estimate of drug-likeness (QED) is 0.505. The predicted octanol–water partition coefficient (Wildman–Crippen LogP) is 2.60. The Bertz CT molecular complexity index is 727. The molecule has 0 radical (unpaired) electrons. The molecule has 1 N–H and O–H groups in total. The fourth-order valence-electron chi connectivity index (χ4n) is 2.17. The van der Waals surface area contributed by atoms with Gasteiger partial charge in [-0.25, -0.2) is 4.98 Å². The summed E-state index contributed by atoms with van der Waals surface area (Å²) in [7, 11) is 0. The van der Waals surface area contributed by atoms with Crippen molar-refractivity contribution in [1.82, 2.24) is 14.9 Å². The van der Waals surface area contributed by atoms with Crippen LogP contribution in [0.5, 0.6) is 0 Å². The molecule has 1 amide bonds. The van der Waals surface area contributed by atoms with E-state index in [1.807, 2.05) is 31.2 Å². The Hall–Kier alpha value is -1.82. The van der Waals surface area contributed by atoms with Crippen molar-refractivity contribution in [2.24, 2.45) is 0 Å². The topological polar surface area (TPSA) is 64.0 Å². The van der Waals surface area contributed by atoms with E-state index in [0.29, 0.717) is 28.4 Å². The van der Waals surface area contributed by atoms with Gasteiger partial charge in [-0.3, -0.25) is 14.2 Å². The van der Waals surface area contributed by atoms with Gasteiger partial charge in [0.25, 0.3) is 5.56 Å². The Morgan fingerprint density at radius 1 is 1.41 bits per heavy atom. The van der Waals surface area contributed by atoms with E-state index >= 15 is 0 Å². The van der Waals surface area contributed by atoms with Crippen LogP contribution in [0.25, 0.3) is 10.9 Å². The molecule has 0 saturated carbocycles. The first kappa shape index (κ1) is 16.5. The fraction of sp³-hybridized carbons (Fsp3) is 0.438. The van der Waals surface area contributed by atoms with E-state index in [1.54, 1.807) is 4.57 Å². The van der Waals surface area contributed by atoms with Gasteiger partial charge in [0.15, 0.2) is 5.16 Å². The molecule has 2 rings (SSSR count). The number of amides is 1. The van der Waals surface area contributed by atoms with Gasteiger partial charge in [-0.15, -0.1) is 0 Å². The van der Waals surface area contributed by atoms with Crippen molar-refractivity contribution >= 4 is 28.6 Å². The number of hydrogen-bond acceptors (Lipinski definition) is 4. The summed E-state index contributed by atoms with van der Waals surface area (Å²) in [5.74, 6) is 0.632. The number of benzene rings is 1. The zero-order valence-electron chi connectivity index (χ0n) is 13.1. The van der Waals surface area contributed by atoms with Crippen LogP contribution in [0.1, 0.15) is 33.2 Å². The third-order valence-corrected chi connectivity index (χ3v) is 4.47. The van der Waals surface area contributed by atoms with E-state index in [1.165, 1.54) is 18.7 Å². The lowest BCUT2D eigenvalue weighted by atomic mass is 10.2. The highest BCUT2D eigenvalue weighted by Crippen LogP contribution is 2.21. The van der Waals surface area contributed by atoms with Gasteiger partial charge in [-0.05, 0) is 25.5 Å². The van der Waals surface area contributed by atoms with Crippen LogP contribution < -0.4 is 10.9 Å². The number of nitrogens with one attached hydrogen (secondary N) is 1. The molecule has 1 heterocycles. The first-order chi connectivity index (χ1) is 10.5. The standard InChI is InChI=1S/C16H21N3O2S/c1-4-11(2)19-15(21)13-7-5-6-8-14(13)18-16(19)22-10-9-17-12(3)20/h5-8,11H,4,9-10H2,1-3H3,(H,17,20)/t11-/m0/s1. The molecule has 0 spiro atoms. The van der Waals surface area contributed by atoms with Crippen LogP contribution in [-0.2, 0) is 4.79 Å². The number of nitrogens with zero attached hydrogens (tertiary/aromatic N) is 2. The first-order valence-corrected chi connectivity index (χ1v) is 8.41. The molecule has 1 aromatic heterocycles. The molecule has 118 valence electrons. The Balaban J connectivity index is 2.37. The van der Waals surface area contributed by atoms with Gasteiger partial charge in [-0.1, -0.05) is 30.8 Å². The molecule has 0 saturated heterocycles. The average molecular weight is 319 g/mol. The van der Waals surface area contributed by atoms with Crippen LogP contribution in [0.3, 0.4) is 0 Å². The number of rotatable bonds is 6. The minimum absolute atomic E-state index is 0.00183. The maximum absolute atomic E-state index is 12.7. The summed E-state index contributed by atoms with van der Waals surface area (Å²) in [5, 5.41) is 4.11. The van der Waals surface area contributed by atoms with E-state index < -0.39 is 0 Å². The first-order valence-electron chi connectivity index (χ1n) is 7.43. The molecule has 22 heavy (non-hydrogen) atoms. The third kappa shape index (κ3) is 3.68. The Labute approximate surface area is 134 Å². The number of carbonyl (C=O) groups excluding carboxylic acids is 1. The van der Waals surface area contributed by atoms with Gasteiger partial charge in [0.2, 0.25) is 5.91 Å². The predicted molar refractivity (Wildman–Crippen MR) is 90.4 cm³/mol. The lowest BCUT2D eigenvalue weighted by Crippen LogP contribution is -2.27. The van der Waals surface area contributed by atoms with E-state index in [9.17, 15) is 9.59 Å². The van der Waals surface area contributed by atoms with Gasteiger partial charge in [0.1, 0.15) is 0 Å². The molecule has 1 aromatic carbocycles. The maximum atomic E-state index is 12.7. The van der Waals surface area contributed by atoms with Gasteiger partial charge < -0.3 is 5.32 Å².